The van der Waals surface area contributed by atoms with E-state index in [0.29, 0.717) is 15.5 Å². The SMILES string of the molecule is CCOC(=O)C1=C(O)/C(=C/c2cc(C)n(-c3ccc(Cl)cc3)c2C)SC1=NC(=O)c1ccc(C)cc1. The molecule has 2 heterocycles. The molecule has 1 N–H and O–H groups in total. The predicted octanol–water partition coefficient (Wildman–Crippen LogP) is 6.76. The first kappa shape index (κ1) is 25.5. The molecule has 184 valence electrons. The lowest BCUT2D eigenvalue weighted by Gasteiger charge is -2.09. The van der Waals surface area contributed by atoms with E-state index in [-0.39, 0.29) is 23.0 Å². The molecule has 0 spiro atoms. The Balaban J connectivity index is 1.74. The molecule has 0 radical (unpaired) electrons. The van der Waals surface area contributed by atoms with Crippen LogP contribution in [0.5, 0.6) is 0 Å². The third kappa shape index (κ3) is 5.17. The molecule has 1 aromatic heterocycles. The molecule has 6 nitrogen and oxygen atoms in total. The number of aliphatic imine (C=N–C) groups is 1. The Morgan fingerprint density at radius 2 is 1.75 bits per heavy atom. The number of esters is 1. The zero-order chi connectivity index (χ0) is 26.0. The highest BCUT2D eigenvalue weighted by molar-refractivity contribution is 8.18. The lowest BCUT2D eigenvalue weighted by molar-refractivity contribution is -0.138. The number of ether oxygens (including phenoxy) is 1. The average molecular weight is 521 g/mol. The number of hydrogen-bond acceptors (Lipinski definition) is 5. The minimum atomic E-state index is -0.729. The van der Waals surface area contributed by atoms with Crippen LogP contribution in [0.15, 0.2) is 75.8 Å². The lowest BCUT2D eigenvalue weighted by Crippen LogP contribution is -2.14. The van der Waals surface area contributed by atoms with Crippen molar-refractivity contribution in [2.24, 2.45) is 4.99 Å². The Labute approximate surface area is 219 Å². The summed E-state index contributed by atoms with van der Waals surface area (Å²) in [6.45, 7) is 7.68. The third-order valence-electron chi connectivity index (χ3n) is 5.71. The van der Waals surface area contributed by atoms with Crippen molar-refractivity contribution in [3.8, 4) is 5.69 Å². The van der Waals surface area contributed by atoms with Crippen molar-refractivity contribution in [2.45, 2.75) is 27.7 Å². The summed E-state index contributed by atoms with van der Waals surface area (Å²) < 4.78 is 7.21. The normalized spacial score (nSPS) is 15.7. The Bertz CT molecular complexity index is 1430. The number of hydrogen-bond donors (Lipinski definition) is 1. The van der Waals surface area contributed by atoms with Gasteiger partial charge in [0.1, 0.15) is 16.4 Å². The van der Waals surface area contributed by atoms with Crippen molar-refractivity contribution in [3.05, 3.63) is 104 Å². The maximum Gasteiger partial charge on any atom is 0.344 e. The van der Waals surface area contributed by atoms with E-state index in [1.165, 1.54) is 0 Å². The van der Waals surface area contributed by atoms with Crippen LogP contribution in [0.25, 0.3) is 11.8 Å². The van der Waals surface area contributed by atoms with E-state index in [0.717, 1.165) is 40.0 Å². The molecular weight excluding hydrogens is 496 g/mol. The van der Waals surface area contributed by atoms with E-state index in [2.05, 4.69) is 9.56 Å². The Morgan fingerprint density at radius 3 is 2.39 bits per heavy atom. The summed E-state index contributed by atoms with van der Waals surface area (Å²) in [6.07, 6.45) is 1.78. The molecule has 0 saturated heterocycles. The number of rotatable bonds is 5. The number of thioether (sulfide) groups is 1. The van der Waals surface area contributed by atoms with Crippen molar-refractivity contribution in [2.75, 3.05) is 6.61 Å². The van der Waals surface area contributed by atoms with Gasteiger partial charge in [0.05, 0.1) is 11.5 Å². The molecule has 8 heteroatoms. The molecule has 0 atom stereocenters. The van der Waals surface area contributed by atoms with Crippen molar-refractivity contribution in [3.63, 3.8) is 0 Å². The van der Waals surface area contributed by atoms with Gasteiger partial charge in [-0.2, -0.15) is 0 Å². The number of amides is 1. The summed E-state index contributed by atoms with van der Waals surface area (Å²) in [5.41, 5.74) is 5.03. The maximum atomic E-state index is 12.8. The molecule has 1 aliphatic rings. The zero-order valence-corrected chi connectivity index (χ0v) is 21.9. The van der Waals surface area contributed by atoms with Gasteiger partial charge in [0.15, 0.2) is 0 Å². The number of halogens is 1. The standard InChI is InChI=1S/C28H25ClN2O4S/c1-5-35-28(34)24-25(32)23(36-27(24)30-26(33)19-8-6-16(2)7-9-19)15-20-14-17(3)31(18(20)4)22-12-10-21(29)11-13-22/h6-15,32H,5H2,1-4H3/b23-15-,30-27?. The fraction of sp³-hybridized carbons (Fsp3) is 0.179. The largest absolute Gasteiger partial charge is 0.506 e. The van der Waals surface area contributed by atoms with Crippen LogP contribution in [0.4, 0.5) is 0 Å². The minimum Gasteiger partial charge on any atom is -0.506 e. The van der Waals surface area contributed by atoms with Crippen molar-refractivity contribution >= 4 is 46.4 Å². The topological polar surface area (TPSA) is 80.9 Å². The van der Waals surface area contributed by atoms with Gasteiger partial charge < -0.3 is 14.4 Å². The lowest BCUT2D eigenvalue weighted by atomic mass is 10.1. The van der Waals surface area contributed by atoms with E-state index in [4.69, 9.17) is 16.3 Å². The number of nitrogens with zero attached hydrogens (tertiary/aromatic N) is 2. The molecule has 2 aromatic carbocycles. The summed E-state index contributed by atoms with van der Waals surface area (Å²) in [7, 11) is 0. The van der Waals surface area contributed by atoms with Gasteiger partial charge in [0, 0.05) is 27.7 Å². The first-order chi connectivity index (χ1) is 17.2. The molecule has 0 bridgehead atoms. The third-order valence-corrected chi connectivity index (χ3v) is 6.99. The Hall–Kier alpha value is -3.55. The number of carbonyl (C=O) groups is 2. The second-order valence-electron chi connectivity index (χ2n) is 8.28. The molecule has 36 heavy (non-hydrogen) atoms. The van der Waals surface area contributed by atoms with E-state index < -0.39 is 11.9 Å². The molecule has 0 fully saturated rings. The van der Waals surface area contributed by atoms with Crippen LogP contribution in [0.2, 0.25) is 5.02 Å². The average Bonchev–Trinajstić information content (AvgIpc) is 3.29. The highest BCUT2D eigenvalue weighted by Crippen LogP contribution is 2.40. The fourth-order valence-electron chi connectivity index (χ4n) is 3.91. The number of aryl methyl sites for hydroxylation is 2. The smallest absolute Gasteiger partial charge is 0.344 e. The summed E-state index contributed by atoms with van der Waals surface area (Å²) in [5.74, 6) is -1.49. The monoisotopic (exact) mass is 520 g/mol. The summed E-state index contributed by atoms with van der Waals surface area (Å²) >= 11 is 7.11. The van der Waals surface area contributed by atoms with E-state index in [1.807, 2.05) is 63.2 Å². The maximum absolute atomic E-state index is 12.8. The van der Waals surface area contributed by atoms with Crippen LogP contribution in [0.3, 0.4) is 0 Å². The number of aromatic nitrogens is 1. The van der Waals surface area contributed by atoms with Crippen LogP contribution in [0, 0.1) is 20.8 Å². The van der Waals surface area contributed by atoms with Gasteiger partial charge in [-0.05, 0) is 81.8 Å². The van der Waals surface area contributed by atoms with Crippen LogP contribution in [-0.4, -0.2) is 33.2 Å². The zero-order valence-electron chi connectivity index (χ0n) is 20.3. The number of aliphatic hydroxyl groups is 1. The second kappa shape index (κ2) is 10.6. The van der Waals surface area contributed by atoms with Crippen LogP contribution in [-0.2, 0) is 9.53 Å². The van der Waals surface area contributed by atoms with Crippen LogP contribution < -0.4 is 0 Å². The van der Waals surface area contributed by atoms with Gasteiger partial charge in [0.25, 0.3) is 5.91 Å². The predicted molar refractivity (Wildman–Crippen MR) is 145 cm³/mol. The number of aliphatic hydroxyl groups excluding tert-OH is 1. The molecule has 1 amide bonds. The molecular formula is C28H25ClN2O4S. The highest BCUT2D eigenvalue weighted by Gasteiger charge is 2.34. The minimum absolute atomic E-state index is 0.106. The van der Waals surface area contributed by atoms with Gasteiger partial charge in [0.2, 0.25) is 0 Å². The summed E-state index contributed by atoms with van der Waals surface area (Å²) in [4.78, 5) is 30.1. The summed E-state index contributed by atoms with van der Waals surface area (Å²) in [6, 6.07) is 16.5. The van der Waals surface area contributed by atoms with Gasteiger partial charge >= 0.3 is 5.97 Å². The first-order valence-corrected chi connectivity index (χ1v) is 12.5. The molecule has 0 saturated carbocycles. The Kier molecular flexibility index (Phi) is 7.52. The second-order valence-corrected chi connectivity index (χ2v) is 9.75. The van der Waals surface area contributed by atoms with Crippen LogP contribution in [0.1, 0.15) is 39.8 Å². The molecule has 0 aliphatic carbocycles. The van der Waals surface area contributed by atoms with Crippen LogP contribution >= 0.6 is 23.4 Å². The van der Waals surface area contributed by atoms with E-state index in [1.54, 1.807) is 25.1 Å². The molecule has 1 aliphatic heterocycles. The highest BCUT2D eigenvalue weighted by atomic mass is 35.5. The van der Waals surface area contributed by atoms with Gasteiger partial charge in [-0.3, -0.25) is 4.79 Å². The van der Waals surface area contributed by atoms with Gasteiger partial charge in [-0.25, -0.2) is 9.79 Å². The molecule has 4 rings (SSSR count). The van der Waals surface area contributed by atoms with Gasteiger partial charge in [-0.15, -0.1) is 0 Å². The van der Waals surface area contributed by atoms with Crippen molar-refractivity contribution < 1.29 is 19.4 Å². The molecule has 0 unspecified atom stereocenters. The first-order valence-electron chi connectivity index (χ1n) is 11.3. The van der Waals surface area contributed by atoms with E-state index in [9.17, 15) is 14.7 Å². The fourth-order valence-corrected chi connectivity index (χ4v) is 5.04. The van der Waals surface area contributed by atoms with E-state index >= 15 is 0 Å². The van der Waals surface area contributed by atoms with Crippen molar-refractivity contribution in [1.29, 1.82) is 0 Å². The molecule has 3 aromatic rings. The summed E-state index contributed by atoms with van der Waals surface area (Å²) in [5, 5.41) is 11.7. The Morgan fingerprint density at radius 1 is 1.08 bits per heavy atom. The van der Waals surface area contributed by atoms with Crippen molar-refractivity contribution in [1.82, 2.24) is 4.57 Å². The van der Waals surface area contributed by atoms with Gasteiger partial charge in [-0.1, -0.05) is 41.1 Å². The number of benzene rings is 2. The quantitative estimate of drug-likeness (QED) is 0.376. The number of carbonyl (C=O) groups excluding carboxylic acids is 2.